The minimum Gasteiger partial charge on any atom is -0.489 e. The van der Waals surface area contributed by atoms with Gasteiger partial charge in [0.15, 0.2) is 0 Å². The lowest BCUT2D eigenvalue weighted by Gasteiger charge is -2.12. The van der Waals surface area contributed by atoms with Crippen molar-refractivity contribution in [3.63, 3.8) is 0 Å². The molecule has 0 aliphatic carbocycles. The van der Waals surface area contributed by atoms with E-state index in [0.29, 0.717) is 23.6 Å². The lowest BCUT2D eigenvalue weighted by molar-refractivity contribution is -0.139. The molecule has 1 heterocycles. The van der Waals surface area contributed by atoms with Gasteiger partial charge in [0.1, 0.15) is 29.5 Å². The fourth-order valence-corrected chi connectivity index (χ4v) is 4.77. The predicted molar refractivity (Wildman–Crippen MR) is 158 cm³/mol. The number of carbonyl (C=O) groups excluding carboxylic acids is 2. The standard InChI is InChI=1S/C34H31FN2O5/c1-21-10-11-28(30(35)12-21)34(39)37-19-27-16-26-14-23(20-41-31-9-4-3-7-25(31)17-32(38)40-2)15-29(33(26)42-27)24-8-5-6-22(13-24)18-36/h3-16H,17-20,36H2,1-2H3,(H,37,39). The molecule has 0 aliphatic rings. The molecule has 0 saturated heterocycles. The summed E-state index contributed by atoms with van der Waals surface area (Å²) < 4.78 is 31.5. The summed E-state index contributed by atoms with van der Waals surface area (Å²) in [4.78, 5) is 24.5. The van der Waals surface area contributed by atoms with Crippen molar-refractivity contribution in [3.8, 4) is 16.9 Å². The second kappa shape index (κ2) is 12.7. The van der Waals surface area contributed by atoms with Gasteiger partial charge in [0.25, 0.3) is 5.91 Å². The van der Waals surface area contributed by atoms with Crippen LogP contribution in [-0.2, 0) is 35.6 Å². The SMILES string of the molecule is COC(=O)Cc1ccccc1OCc1cc(-c2cccc(CN)c2)c2oc(CNC(=O)c3ccc(C)cc3F)cc2c1. The number of methoxy groups -OCH3 is 1. The fourth-order valence-electron chi connectivity index (χ4n) is 4.77. The summed E-state index contributed by atoms with van der Waals surface area (Å²) >= 11 is 0. The van der Waals surface area contributed by atoms with Crippen LogP contribution in [-0.4, -0.2) is 19.0 Å². The first-order valence-corrected chi connectivity index (χ1v) is 13.5. The van der Waals surface area contributed by atoms with Crippen molar-refractivity contribution in [1.29, 1.82) is 0 Å². The molecule has 1 aromatic heterocycles. The number of fused-ring (bicyclic) bond motifs is 1. The Morgan fingerprint density at radius 3 is 2.57 bits per heavy atom. The van der Waals surface area contributed by atoms with Crippen molar-refractivity contribution in [3.05, 3.63) is 124 Å². The second-order valence-corrected chi connectivity index (χ2v) is 9.99. The Balaban J connectivity index is 1.44. The summed E-state index contributed by atoms with van der Waals surface area (Å²) in [5.74, 6) is -0.338. The smallest absolute Gasteiger partial charge is 0.310 e. The number of nitrogens with one attached hydrogen (secondary N) is 1. The molecular formula is C34H31FN2O5. The highest BCUT2D eigenvalue weighted by atomic mass is 19.1. The molecule has 0 bridgehead atoms. The Kier molecular flexibility index (Phi) is 8.64. The van der Waals surface area contributed by atoms with Crippen LogP contribution in [0.4, 0.5) is 4.39 Å². The van der Waals surface area contributed by atoms with E-state index in [-0.39, 0.29) is 31.1 Å². The lowest BCUT2D eigenvalue weighted by atomic mass is 9.99. The van der Waals surface area contributed by atoms with E-state index in [1.165, 1.54) is 19.2 Å². The highest BCUT2D eigenvalue weighted by Gasteiger charge is 2.16. The predicted octanol–water partition coefficient (Wildman–Crippen LogP) is 6.23. The number of para-hydroxylation sites is 1. The normalized spacial score (nSPS) is 11.0. The number of nitrogens with two attached hydrogens (primary N) is 1. The third-order valence-corrected chi connectivity index (χ3v) is 6.92. The summed E-state index contributed by atoms with van der Waals surface area (Å²) in [7, 11) is 1.35. The first kappa shape index (κ1) is 28.6. The molecule has 8 heteroatoms. The van der Waals surface area contributed by atoms with Crippen LogP contribution in [0.25, 0.3) is 22.1 Å². The van der Waals surface area contributed by atoms with Crippen LogP contribution >= 0.6 is 0 Å². The van der Waals surface area contributed by atoms with Gasteiger partial charge in [-0.3, -0.25) is 9.59 Å². The molecule has 42 heavy (non-hydrogen) atoms. The van der Waals surface area contributed by atoms with Crippen molar-refractivity contribution >= 4 is 22.8 Å². The second-order valence-electron chi connectivity index (χ2n) is 9.99. The molecule has 0 fully saturated rings. The molecule has 4 aromatic carbocycles. The average Bonchev–Trinajstić information content (AvgIpc) is 3.42. The van der Waals surface area contributed by atoms with Crippen LogP contribution in [0, 0.1) is 12.7 Å². The molecule has 214 valence electrons. The summed E-state index contributed by atoms with van der Waals surface area (Å²) in [6.45, 7) is 2.47. The highest BCUT2D eigenvalue weighted by molar-refractivity contribution is 5.95. The topological polar surface area (TPSA) is 104 Å². The quantitative estimate of drug-likeness (QED) is 0.194. The van der Waals surface area contributed by atoms with E-state index in [4.69, 9.17) is 19.6 Å². The van der Waals surface area contributed by atoms with E-state index in [0.717, 1.165) is 38.8 Å². The van der Waals surface area contributed by atoms with Crippen molar-refractivity contribution in [2.24, 2.45) is 5.73 Å². The molecule has 0 unspecified atom stereocenters. The maximum absolute atomic E-state index is 14.3. The number of aryl methyl sites for hydroxylation is 1. The summed E-state index contributed by atoms with van der Waals surface area (Å²) in [5, 5.41) is 3.57. The van der Waals surface area contributed by atoms with Gasteiger partial charge >= 0.3 is 5.97 Å². The van der Waals surface area contributed by atoms with E-state index >= 15 is 0 Å². The van der Waals surface area contributed by atoms with Crippen molar-refractivity contribution in [2.45, 2.75) is 33.0 Å². The Bertz CT molecular complexity index is 1760. The molecule has 0 atom stereocenters. The molecule has 0 aliphatic heterocycles. The number of rotatable bonds is 10. The molecule has 3 N–H and O–H groups in total. The van der Waals surface area contributed by atoms with Gasteiger partial charge in [0.05, 0.1) is 25.6 Å². The van der Waals surface area contributed by atoms with Crippen LogP contribution < -0.4 is 15.8 Å². The van der Waals surface area contributed by atoms with Gasteiger partial charge in [0.2, 0.25) is 0 Å². The zero-order chi connectivity index (χ0) is 29.6. The van der Waals surface area contributed by atoms with E-state index in [1.807, 2.05) is 66.7 Å². The number of benzene rings is 4. The zero-order valence-electron chi connectivity index (χ0n) is 23.4. The molecule has 7 nitrogen and oxygen atoms in total. The molecule has 5 aromatic rings. The van der Waals surface area contributed by atoms with Crippen molar-refractivity contribution in [2.75, 3.05) is 7.11 Å². The van der Waals surface area contributed by atoms with Crippen molar-refractivity contribution in [1.82, 2.24) is 5.32 Å². The van der Waals surface area contributed by atoms with E-state index in [2.05, 4.69) is 5.32 Å². The van der Waals surface area contributed by atoms with Gasteiger partial charge in [-0.2, -0.15) is 0 Å². The first-order valence-electron chi connectivity index (χ1n) is 13.5. The third kappa shape index (κ3) is 6.50. The number of ether oxygens (including phenoxy) is 2. The van der Waals surface area contributed by atoms with Gasteiger partial charge in [-0.25, -0.2) is 4.39 Å². The number of esters is 1. The number of halogens is 1. The minimum absolute atomic E-state index is 0.0251. The average molecular weight is 567 g/mol. The van der Waals surface area contributed by atoms with Crippen LogP contribution in [0.5, 0.6) is 5.75 Å². The van der Waals surface area contributed by atoms with Gasteiger partial charge < -0.3 is 24.9 Å². The minimum atomic E-state index is -0.572. The Labute approximate surface area is 243 Å². The highest BCUT2D eigenvalue weighted by Crippen LogP contribution is 2.34. The van der Waals surface area contributed by atoms with Crippen molar-refractivity contribution < 1.29 is 27.9 Å². The summed E-state index contributed by atoms with van der Waals surface area (Å²) in [6.07, 6.45) is 0.103. The maximum atomic E-state index is 14.3. The largest absolute Gasteiger partial charge is 0.489 e. The van der Waals surface area contributed by atoms with E-state index in [1.54, 1.807) is 13.0 Å². The Morgan fingerprint density at radius 2 is 1.79 bits per heavy atom. The van der Waals surface area contributed by atoms with Gasteiger partial charge in [0, 0.05) is 23.1 Å². The molecule has 5 rings (SSSR count). The number of carbonyl (C=O) groups is 2. The Morgan fingerprint density at radius 1 is 0.952 bits per heavy atom. The monoisotopic (exact) mass is 566 g/mol. The van der Waals surface area contributed by atoms with Gasteiger partial charge in [-0.1, -0.05) is 42.5 Å². The summed E-state index contributed by atoms with van der Waals surface area (Å²) in [6, 6.07) is 25.5. The molecule has 0 spiro atoms. The number of hydrogen-bond donors (Lipinski definition) is 2. The number of furan rings is 1. The van der Waals surface area contributed by atoms with E-state index < -0.39 is 11.7 Å². The first-order chi connectivity index (χ1) is 20.3. The van der Waals surface area contributed by atoms with Crippen LogP contribution in [0.3, 0.4) is 0 Å². The lowest BCUT2D eigenvalue weighted by Crippen LogP contribution is -2.23. The molecule has 0 radical (unpaired) electrons. The Hall–Kier alpha value is -4.95. The van der Waals surface area contributed by atoms with Crippen LogP contribution in [0.2, 0.25) is 0 Å². The van der Waals surface area contributed by atoms with Gasteiger partial charge in [-0.15, -0.1) is 0 Å². The van der Waals surface area contributed by atoms with Crippen LogP contribution in [0.15, 0.2) is 89.3 Å². The summed E-state index contributed by atoms with van der Waals surface area (Å²) in [5.41, 5.74) is 11.6. The van der Waals surface area contributed by atoms with Gasteiger partial charge in [-0.05, 0) is 71.6 Å². The fraction of sp³-hybridized carbons (Fsp3) is 0.176. The molecule has 0 saturated carbocycles. The molecular weight excluding hydrogens is 535 g/mol. The number of hydrogen-bond acceptors (Lipinski definition) is 6. The maximum Gasteiger partial charge on any atom is 0.310 e. The number of amides is 1. The van der Waals surface area contributed by atoms with E-state index in [9.17, 15) is 14.0 Å². The van der Waals surface area contributed by atoms with Crippen LogP contribution in [0.1, 0.15) is 38.4 Å². The molecule has 1 amide bonds. The third-order valence-electron chi connectivity index (χ3n) is 6.92. The zero-order valence-corrected chi connectivity index (χ0v) is 23.4.